The molecule has 0 amide bonds. The van der Waals surface area contributed by atoms with Crippen molar-refractivity contribution < 1.29 is 4.42 Å². The molecule has 0 spiro atoms. The summed E-state index contributed by atoms with van der Waals surface area (Å²) in [4.78, 5) is 4.74. The van der Waals surface area contributed by atoms with Crippen molar-refractivity contribution in [2.45, 2.75) is 45.7 Å². The zero-order chi connectivity index (χ0) is 19.8. The van der Waals surface area contributed by atoms with Gasteiger partial charge in [0.05, 0.1) is 18.0 Å². The van der Waals surface area contributed by atoms with Gasteiger partial charge in [-0.15, -0.1) is 24.0 Å². The van der Waals surface area contributed by atoms with Crippen LogP contribution in [0.4, 0.5) is 0 Å². The minimum atomic E-state index is 0. The molecule has 0 aliphatic carbocycles. The van der Waals surface area contributed by atoms with Gasteiger partial charge in [-0.2, -0.15) is 5.10 Å². The van der Waals surface area contributed by atoms with Crippen molar-refractivity contribution in [3.8, 4) is 5.69 Å². The van der Waals surface area contributed by atoms with Crippen LogP contribution >= 0.6 is 24.0 Å². The Morgan fingerprint density at radius 1 is 1.17 bits per heavy atom. The van der Waals surface area contributed by atoms with E-state index < -0.39 is 0 Å². The fourth-order valence-corrected chi connectivity index (χ4v) is 2.85. The molecule has 0 saturated heterocycles. The van der Waals surface area contributed by atoms with Crippen LogP contribution in [0.5, 0.6) is 0 Å². The molecular formula is C22H30IN5O. The Hall–Kier alpha value is -2.29. The second-order valence-electron chi connectivity index (χ2n) is 6.92. The van der Waals surface area contributed by atoms with Gasteiger partial charge in [0.2, 0.25) is 0 Å². The summed E-state index contributed by atoms with van der Waals surface area (Å²) in [6, 6.07) is 14.6. The van der Waals surface area contributed by atoms with Crippen LogP contribution in [0.3, 0.4) is 0 Å². The number of rotatable bonds is 8. The third-order valence-electron chi connectivity index (χ3n) is 4.70. The van der Waals surface area contributed by atoms with Crippen LogP contribution < -0.4 is 10.6 Å². The van der Waals surface area contributed by atoms with E-state index in [1.807, 2.05) is 29.1 Å². The fraction of sp³-hybridized carbons (Fsp3) is 0.364. The summed E-state index contributed by atoms with van der Waals surface area (Å²) in [5.41, 5.74) is 2.22. The number of nitrogens with one attached hydrogen (secondary N) is 2. The van der Waals surface area contributed by atoms with Gasteiger partial charge < -0.3 is 15.1 Å². The number of aromatic nitrogens is 2. The molecule has 0 aliphatic heterocycles. The van der Waals surface area contributed by atoms with Crippen LogP contribution in [0.1, 0.15) is 44.6 Å². The number of guanidine groups is 1. The van der Waals surface area contributed by atoms with Crippen molar-refractivity contribution in [3.63, 3.8) is 0 Å². The average molecular weight is 507 g/mol. The number of furan rings is 1. The zero-order valence-electron chi connectivity index (χ0n) is 17.2. The number of benzene rings is 1. The molecule has 0 radical (unpaired) electrons. The molecule has 2 heterocycles. The van der Waals surface area contributed by atoms with Gasteiger partial charge in [0.25, 0.3) is 0 Å². The number of nitrogens with zero attached hydrogens (tertiary/aromatic N) is 3. The maximum atomic E-state index is 5.40. The molecule has 6 nitrogen and oxygen atoms in total. The van der Waals surface area contributed by atoms with Crippen molar-refractivity contribution >= 4 is 29.9 Å². The lowest BCUT2D eigenvalue weighted by atomic mass is 10.1. The smallest absolute Gasteiger partial charge is 0.191 e. The predicted molar refractivity (Wildman–Crippen MR) is 128 cm³/mol. The van der Waals surface area contributed by atoms with E-state index in [1.165, 1.54) is 5.56 Å². The lowest BCUT2D eigenvalue weighted by Gasteiger charge is -2.22. The van der Waals surface area contributed by atoms with E-state index in [2.05, 4.69) is 60.8 Å². The van der Waals surface area contributed by atoms with Crippen LogP contribution in [-0.4, -0.2) is 28.3 Å². The molecular weight excluding hydrogens is 477 g/mol. The first-order valence-corrected chi connectivity index (χ1v) is 9.85. The molecule has 0 saturated carbocycles. The lowest BCUT2D eigenvalue weighted by Crippen LogP contribution is -2.43. The molecule has 0 aliphatic rings. The molecule has 3 rings (SSSR count). The number of hydrogen-bond donors (Lipinski definition) is 2. The maximum absolute atomic E-state index is 5.40. The molecule has 29 heavy (non-hydrogen) atoms. The predicted octanol–water partition coefficient (Wildman–Crippen LogP) is 4.72. The van der Waals surface area contributed by atoms with Gasteiger partial charge in [-0.3, -0.25) is 4.99 Å². The van der Waals surface area contributed by atoms with Gasteiger partial charge in [-0.1, -0.05) is 19.1 Å². The minimum Gasteiger partial charge on any atom is -0.469 e. The van der Waals surface area contributed by atoms with Crippen molar-refractivity contribution in [1.29, 1.82) is 0 Å². The van der Waals surface area contributed by atoms with E-state index in [-0.39, 0.29) is 30.0 Å². The first kappa shape index (κ1) is 23.0. The Morgan fingerprint density at radius 3 is 2.72 bits per heavy atom. The van der Waals surface area contributed by atoms with Crippen LogP contribution in [0, 0.1) is 0 Å². The van der Waals surface area contributed by atoms with Crippen molar-refractivity contribution in [3.05, 3.63) is 72.4 Å². The van der Waals surface area contributed by atoms with Gasteiger partial charge in [0.1, 0.15) is 5.76 Å². The normalized spacial score (nSPS) is 13.4. The van der Waals surface area contributed by atoms with E-state index in [0.717, 1.165) is 30.2 Å². The molecule has 0 bridgehead atoms. The van der Waals surface area contributed by atoms with Gasteiger partial charge in [-0.25, -0.2) is 4.68 Å². The number of hydrogen-bond acceptors (Lipinski definition) is 3. The number of halogens is 1. The summed E-state index contributed by atoms with van der Waals surface area (Å²) in [6.45, 7) is 7.13. The first-order valence-electron chi connectivity index (χ1n) is 9.85. The molecule has 2 N–H and O–H groups in total. The quantitative estimate of drug-likeness (QED) is 0.263. The molecule has 2 atom stereocenters. The van der Waals surface area contributed by atoms with E-state index in [0.29, 0.717) is 12.6 Å². The van der Waals surface area contributed by atoms with Crippen LogP contribution in [0.2, 0.25) is 0 Å². The average Bonchev–Trinajstić information content (AvgIpc) is 3.42. The van der Waals surface area contributed by atoms with E-state index in [4.69, 9.17) is 9.41 Å². The molecule has 1 aromatic carbocycles. The van der Waals surface area contributed by atoms with Crippen LogP contribution in [-0.2, 0) is 6.42 Å². The van der Waals surface area contributed by atoms with Gasteiger partial charge >= 0.3 is 0 Å². The maximum Gasteiger partial charge on any atom is 0.191 e. The third-order valence-corrected chi connectivity index (χ3v) is 4.70. The van der Waals surface area contributed by atoms with E-state index in [9.17, 15) is 0 Å². The Kier molecular flexibility index (Phi) is 9.24. The SMILES string of the molecule is CCC(C)NC(=NCCc1ccco1)NC(C)c1cccc(-n2cccn2)c1.I. The molecule has 7 heteroatoms. The Labute approximate surface area is 189 Å². The number of aliphatic imine (C=N–C) groups is 1. The van der Waals surface area contributed by atoms with Crippen LogP contribution in [0.25, 0.3) is 5.69 Å². The molecule has 3 aromatic rings. The summed E-state index contributed by atoms with van der Waals surface area (Å²) >= 11 is 0. The van der Waals surface area contributed by atoms with E-state index in [1.54, 1.807) is 12.5 Å². The molecule has 156 valence electrons. The molecule has 2 aromatic heterocycles. The van der Waals surface area contributed by atoms with Crippen LogP contribution in [0.15, 0.2) is 70.5 Å². The topological polar surface area (TPSA) is 67.4 Å². The summed E-state index contributed by atoms with van der Waals surface area (Å²) in [6.07, 6.45) is 7.24. The first-order chi connectivity index (χ1) is 13.7. The van der Waals surface area contributed by atoms with Crippen molar-refractivity contribution in [1.82, 2.24) is 20.4 Å². The van der Waals surface area contributed by atoms with Gasteiger partial charge in [-0.05, 0) is 56.2 Å². The minimum absolute atomic E-state index is 0. The second kappa shape index (κ2) is 11.6. The highest BCUT2D eigenvalue weighted by Crippen LogP contribution is 2.16. The third kappa shape index (κ3) is 6.92. The van der Waals surface area contributed by atoms with E-state index >= 15 is 0 Å². The summed E-state index contributed by atoms with van der Waals surface area (Å²) < 4.78 is 7.27. The highest BCUT2D eigenvalue weighted by Gasteiger charge is 2.11. The van der Waals surface area contributed by atoms with Crippen molar-refractivity contribution in [2.75, 3.05) is 6.54 Å². The van der Waals surface area contributed by atoms with Gasteiger partial charge in [0, 0.05) is 31.4 Å². The Bertz CT molecular complexity index is 861. The largest absolute Gasteiger partial charge is 0.469 e. The molecule has 0 fully saturated rings. The highest BCUT2D eigenvalue weighted by molar-refractivity contribution is 14.0. The monoisotopic (exact) mass is 507 g/mol. The second-order valence-corrected chi connectivity index (χ2v) is 6.92. The summed E-state index contributed by atoms with van der Waals surface area (Å²) in [5.74, 6) is 1.77. The van der Waals surface area contributed by atoms with Gasteiger partial charge in [0.15, 0.2) is 5.96 Å². The fourth-order valence-electron chi connectivity index (χ4n) is 2.85. The summed E-state index contributed by atoms with van der Waals surface area (Å²) in [5, 5.41) is 11.3. The molecule has 2 unspecified atom stereocenters. The van der Waals surface area contributed by atoms with Crippen molar-refractivity contribution in [2.24, 2.45) is 4.99 Å². The highest BCUT2D eigenvalue weighted by atomic mass is 127. The lowest BCUT2D eigenvalue weighted by molar-refractivity contribution is 0.510. The Balaban J connectivity index is 0.00000300. The zero-order valence-corrected chi connectivity index (χ0v) is 19.5. The summed E-state index contributed by atoms with van der Waals surface area (Å²) in [7, 11) is 0. The Morgan fingerprint density at radius 2 is 2.03 bits per heavy atom. The standard InChI is InChI=1S/C22H29N5O.HI/c1-4-17(2)25-22(23-13-11-21-10-6-15-28-21)26-18(3)19-8-5-9-20(16-19)27-14-7-12-24-27;/h5-10,12,14-18H,4,11,13H2,1-3H3,(H2,23,25,26);1H.